The highest BCUT2D eigenvalue weighted by Gasteiger charge is 2.38. The van der Waals surface area contributed by atoms with Crippen LogP contribution in [0.2, 0.25) is 0 Å². The molecule has 3 unspecified atom stereocenters. The van der Waals surface area contributed by atoms with Gasteiger partial charge in [-0.05, 0) is 31.4 Å². The maximum absolute atomic E-state index is 12.2. The summed E-state index contributed by atoms with van der Waals surface area (Å²) in [6, 6.07) is 6.28. The van der Waals surface area contributed by atoms with E-state index in [1.54, 1.807) is 0 Å². The molecule has 1 aromatic heterocycles. The third-order valence-corrected chi connectivity index (χ3v) is 3.95. The van der Waals surface area contributed by atoms with E-state index in [1.165, 1.54) is 0 Å². The van der Waals surface area contributed by atoms with E-state index < -0.39 is 0 Å². The van der Waals surface area contributed by atoms with E-state index in [9.17, 15) is 4.79 Å². The normalized spacial score (nSPS) is 30.2. The molecular formula is C15H22N2O. The van der Waals surface area contributed by atoms with E-state index in [0.29, 0.717) is 24.2 Å². The first-order valence-corrected chi connectivity index (χ1v) is 6.69. The van der Waals surface area contributed by atoms with Gasteiger partial charge in [-0.25, -0.2) is 0 Å². The molecule has 0 aliphatic carbocycles. The molecule has 3 nitrogen and oxygen atoms in total. The Bertz CT molecular complexity index is 418. The van der Waals surface area contributed by atoms with Crippen molar-refractivity contribution in [2.75, 3.05) is 6.54 Å². The fourth-order valence-corrected chi connectivity index (χ4v) is 2.73. The Labute approximate surface area is 109 Å². The lowest BCUT2D eigenvalue weighted by Crippen LogP contribution is -2.49. The number of rotatable bonds is 3. The minimum Gasteiger partial charge on any atom is -0.313 e. The van der Waals surface area contributed by atoms with Crippen LogP contribution in [0.3, 0.4) is 0 Å². The summed E-state index contributed by atoms with van der Waals surface area (Å²) in [5.41, 5.74) is 0.828. The SMILES string of the molecule is CC1CC(=O)C(C)(CC(C)c2ccccn2)CN1. The van der Waals surface area contributed by atoms with Gasteiger partial charge in [0.05, 0.1) is 0 Å². The summed E-state index contributed by atoms with van der Waals surface area (Å²) in [4.78, 5) is 16.6. The number of Topliss-reactive ketones (excluding diaryl/α,β-unsaturated/α-hetero) is 1. The van der Waals surface area contributed by atoms with Gasteiger partial charge >= 0.3 is 0 Å². The number of carbonyl (C=O) groups excluding carboxylic acids is 1. The molecular weight excluding hydrogens is 224 g/mol. The van der Waals surface area contributed by atoms with Crippen molar-refractivity contribution in [2.45, 2.75) is 45.6 Å². The minimum atomic E-state index is -0.247. The summed E-state index contributed by atoms with van der Waals surface area (Å²) in [5.74, 6) is 0.701. The Morgan fingerprint density at radius 3 is 2.94 bits per heavy atom. The molecule has 3 atom stereocenters. The quantitative estimate of drug-likeness (QED) is 0.891. The molecule has 0 bridgehead atoms. The van der Waals surface area contributed by atoms with Crippen molar-refractivity contribution in [1.29, 1.82) is 0 Å². The largest absolute Gasteiger partial charge is 0.313 e. The van der Waals surface area contributed by atoms with Crippen molar-refractivity contribution in [2.24, 2.45) is 5.41 Å². The summed E-state index contributed by atoms with van der Waals surface area (Å²) >= 11 is 0. The maximum atomic E-state index is 12.2. The molecule has 1 aromatic rings. The molecule has 0 amide bonds. The van der Waals surface area contributed by atoms with Crippen molar-refractivity contribution in [3.8, 4) is 0 Å². The van der Waals surface area contributed by atoms with Crippen molar-refractivity contribution < 1.29 is 4.79 Å². The molecule has 18 heavy (non-hydrogen) atoms. The molecule has 1 aliphatic heterocycles. The van der Waals surface area contributed by atoms with Gasteiger partial charge < -0.3 is 5.32 Å². The van der Waals surface area contributed by atoms with Gasteiger partial charge in [-0.15, -0.1) is 0 Å². The number of aromatic nitrogens is 1. The Balaban J connectivity index is 2.06. The first-order valence-electron chi connectivity index (χ1n) is 6.69. The summed E-state index contributed by atoms with van der Waals surface area (Å²) in [6.45, 7) is 7.08. The molecule has 0 saturated carbocycles. The molecule has 1 fully saturated rings. The van der Waals surface area contributed by atoms with Crippen LogP contribution in [-0.4, -0.2) is 23.4 Å². The van der Waals surface area contributed by atoms with Gasteiger partial charge in [0.25, 0.3) is 0 Å². The number of hydrogen-bond acceptors (Lipinski definition) is 3. The lowest BCUT2D eigenvalue weighted by molar-refractivity contribution is -0.131. The van der Waals surface area contributed by atoms with Gasteiger partial charge in [-0.3, -0.25) is 9.78 Å². The third-order valence-electron chi connectivity index (χ3n) is 3.95. The zero-order valence-corrected chi connectivity index (χ0v) is 11.4. The van der Waals surface area contributed by atoms with Gasteiger partial charge in [-0.2, -0.15) is 0 Å². The highest BCUT2D eigenvalue weighted by atomic mass is 16.1. The average molecular weight is 246 g/mol. The van der Waals surface area contributed by atoms with Crippen LogP contribution in [0.15, 0.2) is 24.4 Å². The topological polar surface area (TPSA) is 42.0 Å². The summed E-state index contributed by atoms with van der Waals surface area (Å²) in [5, 5.41) is 3.42. The first-order chi connectivity index (χ1) is 8.51. The van der Waals surface area contributed by atoms with Gasteiger partial charge in [-0.1, -0.05) is 19.9 Å². The predicted octanol–water partition coefficient (Wildman–Crippen LogP) is 2.53. The molecule has 0 spiro atoms. The smallest absolute Gasteiger partial charge is 0.141 e. The lowest BCUT2D eigenvalue weighted by atomic mass is 9.73. The lowest BCUT2D eigenvalue weighted by Gasteiger charge is -2.37. The molecule has 0 aromatic carbocycles. The fourth-order valence-electron chi connectivity index (χ4n) is 2.73. The van der Waals surface area contributed by atoms with Crippen LogP contribution >= 0.6 is 0 Å². The second-order valence-electron chi connectivity index (χ2n) is 5.83. The second-order valence-corrected chi connectivity index (χ2v) is 5.83. The molecule has 2 rings (SSSR count). The van der Waals surface area contributed by atoms with Crippen LogP contribution in [0.4, 0.5) is 0 Å². The Hall–Kier alpha value is -1.22. The van der Waals surface area contributed by atoms with Crippen LogP contribution in [0.25, 0.3) is 0 Å². The predicted molar refractivity (Wildman–Crippen MR) is 72.5 cm³/mol. The minimum absolute atomic E-state index is 0.247. The van der Waals surface area contributed by atoms with Gasteiger partial charge in [0.15, 0.2) is 0 Å². The number of carbonyl (C=O) groups is 1. The van der Waals surface area contributed by atoms with E-state index in [0.717, 1.165) is 18.7 Å². The van der Waals surface area contributed by atoms with Crippen molar-refractivity contribution >= 4 is 5.78 Å². The average Bonchev–Trinajstić information content (AvgIpc) is 2.36. The van der Waals surface area contributed by atoms with Crippen LogP contribution < -0.4 is 5.32 Å². The highest BCUT2D eigenvalue weighted by molar-refractivity contribution is 5.86. The van der Waals surface area contributed by atoms with E-state index in [-0.39, 0.29) is 5.41 Å². The van der Waals surface area contributed by atoms with E-state index in [4.69, 9.17) is 0 Å². The van der Waals surface area contributed by atoms with E-state index in [1.807, 2.05) is 24.4 Å². The Morgan fingerprint density at radius 2 is 2.33 bits per heavy atom. The summed E-state index contributed by atoms with van der Waals surface area (Å²) < 4.78 is 0. The van der Waals surface area contributed by atoms with Crippen LogP contribution in [0.1, 0.15) is 45.2 Å². The summed E-state index contributed by atoms with van der Waals surface area (Å²) in [7, 11) is 0. The van der Waals surface area contributed by atoms with Crippen LogP contribution in [0.5, 0.6) is 0 Å². The van der Waals surface area contributed by atoms with Crippen molar-refractivity contribution in [3.63, 3.8) is 0 Å². The van der Waals surface area contributed by atoms with Crippen LogP contribution in [-0.2, 0) is 4.79 Å². The molecule has 98 valence electrons. The molecule has 0 radical (unpaired) electrons. The molecule has 2 heterocycles. The van der Waals surface area contributed by atoms with Gasteiger partial charge in [0.2, 0.25) is 0 Å². The van der Waals surface area contributed by atoms with E-state index in [2.05, 4.69) is 31.1 Å². The second kappa shape index (κ2) is 5.19. The number of pyridine rings is 1. The zero-order chi connectivity index (χ0) is 13.2. The van der Waals surface area contributed by atoms with Crippen molar-refractivity contribution in [1.82, 2.24) is 10.3 Å². The highest BCUT2D eigenvalue weighted by Crippen LogP contribution is 2.34. The standard InChI is InChI=1S/C15H22N2O/c1-11(13-6-4-5-7-16-13)9-15(3)10-17-12(2)8-14(15)18/h4-7,11-12,17H,8-10H2,1-3H3. The fraction of sp³-hybridized carbons (Fsp3) is 0.600. The van der Waals surface area contributed by atoms with Gasteiger partial charge in [0.1, 0.15) is 5.78 Å². The van der Waals surface area contributed by atoms with Gasteiger partial charge in [0, 0.05) is 36.3 Å². The Kier molecular flexibility index (Phi) is 3.81. The third kappa shape index (κ3) is 2.78. The zero-order valence-electron chi connectivity index (χ0n) is 11.4. The number of ketones is 1. The number of hydrogen-bond donors (Lipinski definition) is 1. The first kappa shape index (κ1) is 13.2. The molecule has 1 aliphatic rings. The van der Waals surface area contributed by atoms with Crippen LogP contribution in [0, 0.1) is 5.41 Å². The number of piperidine rings is 1. The molecule has 1 saturated heterocycles. The van der Waals surface area contributed by atoms with E-state index >= 15 is 0 Å². The maximum Gasteiger partial charge on any atom is 0.141 e. The number of nitrogens with one attached hydrogen (secondary N) is 1. The molecule has 3 heteroatoms. The molecule has 1 N–H and O–H groups in total. The number of nitrogens with zero attached hydrogens (tertiary/aromatic N) is 1. The Morgan fingerprint density at radius 1 is 1.56 bits per heavy atom. The summed E-state index contributed by atoms with van der Waals surface area (Å²) in [6.07, 6.45) is 3.32. The monoisotopic (exact) mass is 246 g/mol. The van der Waals surface area contributed by atoms with Crippen molar-refractivity contribution in [3.05, 3.63) is 30.1 Å².